The number of nitrogens with one attached hydrogen (secondary N) is 1. The van der Waals surface area contributed by atoms with Crippen molar-refractivity contribution in [1.29, 1.82) is 0 Å². The number of rotatable bonds is 4. The number of benzene rings is 2. The number of hydrogen-bond acceptors (Lipinski definition) is 4. The predicted molar refractivity (Wildman–Crippen MR) is 99.7 cm³/mol. The molecule has 1 aliphatic heterocycles. The van der Waals surface area contributed by atoms with Gasteiger partial charge in [0.05, 0.1) is 4.90 Å². The van der Waals surface area contributed by atoms with Crippen molar-refractivity contribution in [2.45, 2.75) is 37.1 Å². The lowest BCUT2D eigenvalue weighted by atomic mass is 10.1. The van der Waals surface area contributed by atoms with E-state index in [1.807, 2.05) is 6.92 Å². The second-order valence-corrected chi connectivity index (χ2v) is 8.38. The maximum atomic E-state index is 12.8. The molecule has 2 N–H and O–H groups in total. The normalized spacial score (nSPS) is 18.4. The molecule has 1 fully saturated rings. The molecule has 0 aliphatic carbocycles. The van der Waals surface area contributed by atoms with Crippen LogP contribution in [0.4, 0.5) is 5.69 Å². The van der Waals surface area contributed by atoms with Gasteiger partial charge in [0.25, 0.3) is 5.91 Å². The molecule has 26 heavy (non-hydrogen) atoms. The largest absolute Gasteiger partial charge is 0.508 e. The summed E-state index contributed by atoms with van der Waals surface area (Å²) >= 11 is 0. The minimum absolute atomic E-state index is 0.00813. The Kier molecular flexibility index (Phi) is 5.29. The Hall–Kier alpha value is -2.38. The van der Waals surface area contributed by atoms with Gasteiger partial charge in [-0.3, -0.25) is 4.79 Å². The van der Waals surface area contributed by atoms with Crippen LogP contribution < -0.4 is 5.32 Å². The average Bonchev–Trinajstić information content (AvgIpc) is 2.64. The van der Waals surface area contributed by atoms with Gasteiger partial charge in [0.15, 0.2) is 0 Å². The Bertz CT molecular complexity index is 877. The summed E-state index contributed by atoms with van der Waals surface area (Å²) in [5.74, 6) is -0.226. The zero-order chi connectivity index (χ0) is 18.7. The fourth-order valence-electron chi connectivity index (χ4n) is 3.09. The highest BCUT2D eigenvalue weighted by Crippen LogP contribution is 2.25. The van der Waals surface area contributed by atoms with Crippen LogP contribution in [0.3, 0.4) is 0 Å². The maximum Gasteiger partial charge on any atom is 0.255 e. The number of phenolic OH excluding ortho intramolecular Hbond substituents is 1. The molecule has 1 unspecified atom stereocenters. The third-order valence-electron chi connectivity index (χ3n) is 4.59. The Morgan fingerprint density at radius 3 is 2.35 bits per heavy atom. The third-order valence-corrected chi connectivity index (χ3v) is 6.62. The summed E-state index contributed by atoms with van der Waals surface area (Å²) < 4.78 is 27.2. The summed E-state index contributed by atoms with van der Waals surface area (Å²) in [4.78, 5) is 12.5. The lowest BCUT2D eigenvalue weighted by Gasteiger charge is -2.32. The monoisotopic (exact) mass is 374 g/mol. The number of phenols is 1. The number of aromatic hydroxyl groups is 1. The maximum absolute atomic E-state index is 12.8. The van der Waals surface area contributed by atoms with Crippen molar-refractivity contribution >= 4 is 21.6 Å². The Morgan fingerprint density at radius 1 is 1.08 bits per heavy atom. The smallest absolute Gasteiger partial charge is 0.255 e. The third kappa shape index (κ3) is 3.89. The topological polar surface area (TPSA) is 86.7 Å². The van der Waals surface area contributed by atoms with E-state index in [2.05, 4.69) is 5.32 Å². The van der Waals surface area contributed by atoms with Gasteiger partial charge in [0.2, 0.25) is 10.0 Å². The number of piperidine rings is 1. The molecule has 0 spiro atoms. The molecule has 1 aliphatic rings. The van der Waals surface area contributed by atoms with Crippen molar-refractivity contribution in [2.24, 2.45) is 0 Å². The van der Waals surface area contributed by atoms with Crippen LogP contribution in [0.25, 0.3) is 0 Å². The van der Waals surface area contributed by atoms with Crippen molar-refractivity contribution in [1.82, 2.24) is 4.31 Å². The van der Waals surface area contributed by atoms with E-state index in [-0.39, 0.29) is 22.6 Å². The average molecular weight is 374 g/mol. The molecule has 1 amide bonds. The Labute approximate surface area is 153 Å². The second kappa shape index (κ2) is 7.47. The summed E-state index contributed by atoms with van der Waals surface area (Å²) in [7, 11) is -3.54. The van der Waals surface area contributed by atoms with E-state index in [4.69, 9.17) is 0 Å². The summed E-state index contributed by atoms with van der Waals surface area (Å²) in [6, 6.07) is 12.1. The molecule has 6 nitrogen and oxygen atoms in total. The lowest BCUT2D eigenvalue weighted by molar-refractivity contribution is 0.102. The molecule has 3 rings (SSSR count). The highest BCUT2D eigenvalue weighted by Gasteiger charge is 2.30. The molecule has 7 heteroatoms. The fraction of sp³-hybridized carbons (Fsp3) is 0.316. The van der Waals surface area contributed by atoms with Crippen LogP contribution in [0.2, 0.25) is 0 Å². The molecule has 0 radical (unpaired) electrons. The molecule has 1 heterocycles. The molecule has 1 saturated heterocycles. The van der Waals surface area contributed by atoms with Crippen LogP contribution >= 0.6 is 0 Å². The van der Waals surface area contributed by atoms with Crippen LogP contribution in [0.5, 0.6) is 5.75 Å². The molecule has 0 aromatic heterocycles. The number of carbonyl (C=O) groups is 1. The van der Waals surface area contributed by atoms with Gasteiger partial charge < -0.3 is 10.4 Å². The fourth-order valence-corrected chi connectivity index (χ4v) is 4.79. The molecule has 1 atom stereocenters. The van der Waals surface area contributed by atoms with Crippen molar-refractivity contribution in [2.75, 3.05) is 11.9 Å². The first kappa shape index (κ1) is 18.4. The number of hydrogen-bond donors (Lipinski definition) is 2. The van der Waals surface area contributed by atoms with Crippen molar-refractivity contribution in [3.05, 3.63) is 54.1 Å². The zero-order valence-electron chi connectivity index (χ0n) is 14.6. The Morgan fingerprint density at radius 2 is 1.73 bits per heavy atom. The molecule has 138 valence electrons. The van der Waals surface area contributed by atoms with Gasteiger partial charge in [0, 0.05) is 23.8 Å². The summed E-state index contributed by atoms with van der Waals surface area (Å²) in [5.41, 5.74) is 0.912. The summed E-state index contributed by atoms with van der Waals surface area (Å²) in [5, 5.41) is 12.0. The highest BCUT2D eigenvalue weighted by atomic mass is 32.2. The van der Waals surface area contributed by atoms with Gasteiger partial charge in [-0.25, -0.2) is 8.42 Å². The van der Waals surface area contributed by atoms with Crippen LogP contribution in [-0.4, -0.2) is 36.3 Å². The van der Waals surface area contributed by atoms with Crippen molar-refractivity contribution in [3.63, 3.8) is 0 Å². The SMILES string of the molecule is CC1CCCCN1S(=O)(=O)c1ccc(C(=O)Nc2ccc(O)cc2)cc1. The first-order valence-electron chi connectivity index (χ1n) is 8.60. The number of anilines is 1. The number of nitrogens with zero attached hydrogens (tertiary/aromatic N) is 1. The molecule has 2 aromatic rings. The Balaban J connectivity index is 1.75. The van der Waals surface area contributed by atoms with E-state index >= 15 is 0 Å². The van der Waals surface area contributed by atoms with E-state index in [0.717, 1.165) is 19.3 Å². The lowest BCUT2D eigenvalue weighted by Crippen LogP contribution is -2.41. The standard InChI is InChI=1S/C19H22N2O4S/c1-14-4-2-3-13-21(14)26(24,25)18-11-5-15(6-12-18)19(23)20-16-7-9-17(22)10-8-16/h5-12,14,22H,2-4,13H2,1H3,(H,20,23). The molecular formula is C19H22N2O4S. The summed E-state index contributed by atoms with van der Waals surface area (Å²) in [6.07, 6.45) is 2.78. The van der Waals surface area contributed by atoms with Crippen molar-refractivity contribution in [3.8, 4) is 5.75 Å². The quantitative estimate of drug-likeness (QED) is 0.805. The van der Waals surface area contributed by atoms with E-state index in [9.17, 15) is 18.3 Å². The number of amides is 1. The number of sulfonamides is 1. The van der Waals surface area contributed by atoms with Gasteiger partial charge in [-0.15, -0.1) is 0 Å². The van der Waals surface area contributed by atoms with Crippen LogP contribution in [0, 0.1) is 0 Å². The van der Waals surface area contributed by atoms with Gasteiger partial charge in [-0.1, -0.05) is 6.42 Å². The van der Waals surface area contributed by atoms with E-state index in [1.165, 1.54) is 36.4 Å². The van der Waals surface area contributed by atoms with Gasteiger partial charge in [-0.05, 0) is 68.3 Å². The van der Waals surface area contributed by atoms with Crippen LogP contribution in [0.15, 0.2) is 53.4 Å². The number of carbonyl (C=O) groups excluding carboxylic acids is 1. The van der Waals surface area contributed by atoms with E-state index in [1.54, 1.807) is 16.4 Å². The first-order chi connectivity index (χ1) is 12.4. The van der Waals surface area contributed by atoms with Crippen molar-refractivity contribution < 1.29 is 18.3 Å². The van der Waals surface area contributed by atoms with Crippen LogP contribution in [0.1, 0.15) is 36.5 Å². The zero-order valence-corrected chi connectivity index (χ0v) is 15.4. The first-order valence-corrected chi connectivity index (χ1v) is 10.0. The molecule has 0 saturated carbocycles. The van der Waals surface area contributed by atoms with Gasteiger partial charge in [-0.2, -0.15) is 4.31 Å². The van der Waals surface area contributed by atoms with Gasteiger partial charge >= 0.3 is 0 Å². The summed E-state index contributed by atoms with van der Waals surface area (Å²) in [6.45, 7) is 2.46. The minimum atomic E-state index is -3.54. The highest BCUT2D eigenvalue weighted by molar-refractivity contribution is 7.89. The minimum Gasteiger partial charge on any atom is -0.508 e. The molecule has 2 aromatic carbocycles. The van der Waals surface area contributed by atoms with E-state index in [0.29, 0.717) is 17.8 Å². The molecular weight excluding hydrogens is 352 g/mol. The van der Waals surface area contributed by atoms with Crippen LogP contribution in [-0.2, 0) is 10.0 Å². The van der Waals surface area contributed by atoms with E-state index < -0.39 is 10.0 Å². The second-order valence-electron chi connectivity index (χ2n) is 6.49. The predicted octanol–water partition coefficient (Wildman–Crippen LogP) is 3.21. The molecule has 0 bridgehead atoms. The van der Waals surface area contributed by atoms with Gasteiger partial charge in [0.1, 0.15) is 5.75 Å².